The van der Waals surface area contributed by atoms with Gasteiger partial charge in [0.2, 0.25) is 11.8 Å². The predicted octanol–water partition coefficient (Wildman–Crippen LogP) is 4.22. The molecule has 27 heavy (non-hydrogen) atoms. The molecule has 1 unspecified atom stereocenters. The zero-order chi connectivity index (χ0) is 19.4. The highest BCUT2D eigenvalue weighted by molar-refractivity contribution is 5.91. The zero-order valence-electron chi connectivity index (χ0n) is 14.9. The number of anilines is 1. The standard InChI is InChI=1S/C20H19F2N3O2/c1-12-3-5-14(6-4-12)18-10-20(27-25-18)24-19(26)11-23-13(2)16-8-7-15(21)9-17(16)22/h3-10,13,23H,11H2,1-2H3,(H,24,26). The summed E-state index contributed by atoms with van der Waals surface area (Å²) in [5.74, 6) is -1.45. The number of halogens is 2. The van der Waals surface area contributed by atoms with E-state index in [1.807, 2.05) is 31.2 Å². The molecule has 0 spiro atoms. The molecule has 1 aromatic heterocycles. The van der Waals surface area contributed by atoms with Crippen molar-refractivity contribution >= 4 is 11.8 Å². The third-order valence-corrected chi connectivity index (χ3v) is 4.12. The van der Waals surface area contributed by atoms with Gasteiger partial charge in [0.25, 0.3) is 0 Å². The van der Waals surface area contributed by atoms with E-state index in [2.05, 4.69) is 15.8 Å². The van der Waals surface area contributed by atoms with E-state index < -0.39 is 17.7 Å². The summed E-state index contributed by atoms with van der Waals surface area (Å²) in [5, 5.41) is 9.41. The molecular formula is C20H19F2N3O2. The molecule has 140 valence electrons. The molecular weight excluding hydrogens is 352 g/mol. The Morgan fingerprint density at radius 1 is 1.15 bits per heavy atom. The molecule has 2 aromatic carbocycles. The Balaban J connectivity index is 1.56. The fraction of sp³-hybridized carbons (Fsp3) is 0.200. The second kappa shape index (κ2) is 8.09. The Hall–Kier alpha value is -3.06. The number of carbonyl (C=O) groups excluding carboxylic acids is 1. The van der Waals surface area contributed by atoms with Crippen molar-refractivity contribution in [3.8, 4) is 11.3 Å². The molecule has 0 saturated carbocycles. The zero-order valence-corrected chi connectivity index (χ0v) is 14.9. The second-order valence-electron chi connectivity index (χ2n) is 6.26. The Labute approximate surface area is 155 Å². The molecule has 0 fully saturated rings. The Morgan fingerprint density at radius 3 is 2.59 bits per heavy atom. The lowest BCUT2D eigenvalue weighted by molar-refractivity contribution is -0.115. The molecule has 0 saturated heterocycles. The van der Waals surface area contributed by atoms with Gasteiger partial charge >= 0.3 is 0 Å². The summed E-state index contributed by atoms with van der Waals surface area (Å²) in [5.41, 5.74) is 2.91. The van der Waals surface area contributed by atoms with Crippen molar-refractivity contribution in [2.75, 3.05) is 11.9 Å². The third kappa shape index (κ3) is 4.77. The van der Waals surface area contributed by atoms with Gasteiger partial charge in [-0.15, -0.1) is 0 Å². The SMILES string of the molecule is Cc1ccc(-c2cc(NC(=O)CNC(C)c3ccc(F)cc3F)on2)cc1. The molecule has 2 N–H and O–H groups in total. The van der Waals surface area contributed by atoms with E-state index in [0.717, 1.165) is 17.2 Å². The number of amides is 1. The number of carbonyl (C=O) groups is 1. The minimum atomic E-state index is -0.659. The maximum Gasteiger partial charge on any atom is 0.240 e. The van der Waals surface area contributed by atoms with Gasteiger partial charge in [-0.2, -0.15) is 0 Å². The van der Waals surface area contributed by atoms with E-state index in [9.17, 15) is 13.6 Å². The van der Waals surface area contributed by atoms with Crippen molar-refractivity contribution in [2.24, 2.45) is 0 Å². The van der Waals surface area contributed by atoms with Crippen LogP contribution >= 0.6 is 0 Å². The smallest absolute Gasteiger partial charge is 0.240 e. The molecule has 5 nitrogen and oxygen atoms in total. The molecule has 1 amide bonds. The van der Waals surface area contributed by atoms with Crippen molar-refractivity contribution in [1.29, 1.82) is 0 Å². The van der Waals surface area contributed by atoms with Crippen LogP contribution in [0.5, 0.6) is 0 Å². The van der Waals surface area contributed by atoms with Crippen LogP contribution in [0.25, 0.3) is 11.3 Å². The minimum Gasteiger partial charge on any atom is -0.338 e. The quantitative estimate of drug-likeness (QED) is 0.681. The number of hydrogen-bond acceptors (Lipinski definition) is 4. The van der Waals surface area contributed by atoms with Crippen molar-refractivity contribution in [1.82, 2.24) is 10.5 Å². The number of aromatic nitrogens is 1. The molecule has 0 aliphatic heterocycles. The number of benzene rings is 2. The largest absolute Gasteiger partial charge is 0.338 e. The van der Waals surface area contributed by atoms with Crippen LogP contribution in [0.1, 0.15) is 24.1 Å². The van der Waals surface area contributed by atoms with Gasteiger partial charge < -0.3 is 9.84 Å². The summed E-state index contributed by atoms with van der Waals surface area (Å²) in [6, 6.07) is 12.3. The van der Waals surface area contributed by atoms with Gasteiger partial charge in [-0.1, -0.05) is 41.1 Å². The fourth-order valence-electron chi connectivity index (χ4n) is 2.58. The second-order valence-corrected chi connectivity index (χ2v) is 6.26. The van der Waals surface area contributed by atoms with Crippen LogP contribution in [0.15, 0.2) is 53.1 Å². The third-order valence-electron chi connectivity index (χ3n) is 4.12. The first kappa shape index (κ1) is 18.7. The van der Waals surface area contributed by atoms with Crippen LogP contribution in [0.2, 0.25) is 0 Å². The lowest BCUT2D eigenvalue weighted by Gasteiger charge is -2.14. The average Bonchev–Trinajstić information content (AvgIpc) is 3.08. The fourth-order valence-corrected chi connectivity index (χ4v) is 2.58. The van der Waals surface area contributed by atoms with Crippen LogP contribution < -0.4 is 10.6 Å². The normalized spacial score (nSPS) is 12.0. The van der Waals surface area contributed by atoms with Gasteiger partial charge in [0.1, 0.15) is 17.3 Å². The van der Waals surface area contributed by atoms with Crippen molar-refractivity contribution in [3.63, 3.8) is 0 Å². The molecule has 1 atom stereocenters. The van der Waals surface area contributed by atoms with Crippen LogP contribution in [-0.2, 0) is 4.79 Å². The number of aryl methyl sites for hydroxylation is 1. The minimum absolute atomic E-state index is 0.0709. The van der Waals surface area contributed by atoms with Gasteiger partial charge in [-0.25, -0.2) is 8.78 Å². The summed E-state index contributed by atoms with van der Waals surface area (Å²) >= 11 is 0. The van der Waals surface area contributed by atoms with E-state index in [-0.39, 0.29) is 23.9 Å². The summed E-state index contributed by atoms with van der Waals surface area (Å²) in [4.78, 5) is 12.1. The highest BCUT2D eigenvalue weighted by Crippen LogP contribution is 2.22. The van der Waals surface area contributed by atoms with Crippen molar-refractivity contribution in [3.05, 3.63) is 71.3 Å². The lowest BCUT2D eigenvalue weighted by atomic mass is 10.1. The predicted molar refractivity (Wildman–Crippen MR) is 98.1 cm³/mol. The molecule has 0 radical (unpaired) electrons. The summed E-state index contributed by atoms with van der Waals surface area (Å²) in [6.45, 7) is 3.61. The van der Waals surface area contributed by atoms with Crippen LogP contribution in [0.3, 0.4) is 0 Å². The van der Waals surface area contributed by atoms with Gasteiger partial charge in [-0.05, 0) is 19.9 Å². The van der Waals surface area contributed by atoms with Gasteiger partial charge in [0.15, 0.2) is 0 Å². The summed E-state index contributed by atoms with van der Waals surface area (Å²) in [7, 11) is 0. The van der Waals surface area contributed by atoms with Crippen LogP contribution in [0.4, 0.5) is 14.7 Å². The first-order valence-corrected chi connectivity index (χ1v) is 8.44. The number of hydrogen-bond donors (Lipinski definition) is 2. The Morgan fingerprint density at radius 2 is 1.89 bits per heavy atom. The molecule has 3 rings (SSSR count). The first-order valence-electron chi connectivity index (χ1n) is 8.44. The van der Waals surface area contributed by atoms with Gasteiger partial charge in [-0.3, -0.25) is 10.1 Å². The molecule has 0 aliphatic carbocycles. The van der Waals surface area contributed by atoms with Crippen LogP contribution in [-0.4, -0.2) is 17.6 Å². The average molecular weight is 371 g/mol. The monoisotopic (exact) mass is 371 g/mol. The number of nitrogens with one attached hydrogen (secondary N) is 2. The van der Waals surface area contributed by atoms with E-state index in [1.54, 1.807) is 13.0 Å². The Kier molecular flexibility index (Phi) is 5.61. The number of rotatable bonds is 6. The van der Waals surface area contributed by atoms with E-state index in [1.165, 1.54) is 12.1 Å². The van der Waals surface area contributed by atoms with Gasteiger partial charge in [0.05, 0.1) is 6.54 Å². The lowest BCUT2D eigenvalue weighted by Crippen LogP contribution is -2.30. The number of nitrogens with zero attached hydrogens (tertiary/aromatic N) is 1. The van der Waals surface area contributed by atoms with E-state index >= 15 is 0 Å². The molecule has 0 aliphatic rings. The first-order chi connectivity index (χ1) is 12.9. The van der Waals surface area contributed by atoms with Gasteiger partial charge in [0, 0.05) is 29.3 Å². The maximum atomic E-state index is 13.8. The molecule has 0 bridgehead atoms. The highest BCUT2D eigenvalue weighted by atomic mass is 19.1. The van der Waals surface area contributed by atoms with E-state index in [4.69, 9.17) is 4.52 Å². The summed E-state index contributed by atoms with van der Waals surface area (Å²) < 4.78 is 31.9. The molecule has 3 aromatic rings. The molecule has 1 heterocycles. The summed E-state index contributed by atoms with van der Waals surface area (Å²) in [6.07, 6.45) is 0. The van der Waals surface area contributed by atoms with Crippen LogP contribution in [0, 0.1) is 18.6 Å². The molecule has 7 heteroatoms. The topological polar surface area (TPSA) is 67.2 Å². The Bertz CT molecular complexity index is 939. The van der Waals surface area contributed by atoms with Crippen molar-refractivity contribution < 1.29 is 18.1 Å². The highest BCUT2D eigenvalue weighted by Gasteiger charge is 2.14. The van der Waals surface area contributed by atoms with Crippen molar-refractivity contribution in [2.45, 2.75) is 19.9 Å². The van der Waals surface area contributed by atoms with E-state index in [0.29, 0.717) is 5.69 Å². The maximum absolute atomic E-state index is 13.8.